The van der Waals surface area contributed by atoms with Crippen LogP contribution in [0.4, 0.5) is 4.79 Å². The number of benzene rings is 1. The zero-order valence-electron chi connectivity index (χ0n) is 12.7. The van der Waals surface area contributed by atoms with Gasteiger partial charge in [0, 0.05) is 18.2 Å². The van der Waals surface area contributed by atoms with E-state index in [-0.39, 0.29) is 12.7 Å². The lowest BCUT2D eigenvalue weighted by molar-refractivity contribution is 0.0544. The van der Waals surface area contributed by atoms with Gasteiger partial charge in [0.25, 0.3) is 0 Å². The largest absolute Gasteiger partial charge is 0.443 e. The van der Waals surface area contributed by atoms with Gasteiger partial charge in [0.05, 0.1) is 5.52 Å². The van der Waals surface area contributed by atoms with Gasteiger partial charge in [-0.05, 0) is 51.0 Å². The van der Waals surface area contributed by atoms with Crippen LogP contribution < -0.4 is 0 Å². The summed E-state index contributed by atoms with van der Waals surface area (Å²) in [4.78, 5) is 12.1. The van der Waals surface area contributed by atoms with Crippen molar-refractivity contribution in [3.8, 4) is 0 Å². The first-order valence-electron chi connectivity index (χ1n) is 7.02. The molecule has 0 saturated heterocycles. The summed E-state index contributed by atoms with van der Waals surface area (Å²) in [6.45, 7) is 5.69. The van der Waals surface area contributed by atoms with Crippen LogP contribution in [0.15, 0.2) is 36.5 Å². The fourth-order valence-electron chi connectivity index (χ4n) is 2.03. The third kappa shape index (κ3) is 3.95. The number of hydrogen-bond donors (Lipinski definition) is 1. The molecule has 0 unspecified atom stereocenters. The minimum atomic E-state index is -0.513. The molecule has 21 heavy (non-hydrogen) atoms. The SMILES string of the molecule is CC(C)(C)OC(=O)n1ccc2cc(C=CCCO)ccc21. The van der Waals surface area contributed by atoms with E-state index in [2.05, 4.69) is 0 Å². The molecule has 0 aliphatic heterocycles. The van der Waals surface area contributed by atoms with Crippen molar-refractivity contribution in [3.05, 3.63) is 42.1 Å². The summed E-state index contributed by atoms with van der Waals surface area (Å²) in [5, 5.41) is 9.75. The van der Waals surface area contributed by atoms with Crippen molar-refractivity contribution < 1.29 is 14.6 Å². The number of aliphatic hydroxyl groups excluding tert-OH is 1. The van der Waals surface area contributed by atoms with Gasteiger partial charge in [-0.25, -0.2) is 4.79 Å². The third-order valence-corrected chi connectivity index (χ3v) is 2.91. The molecule has 1 aromatic carbocycles. The number of aliphatic hydroxyl groups is 1. The standard InChI is InChI=1S/C17H21NO3/c1-17(2,3)21-16(20)18-10-9-14-12-13(6-4-5-11-19)7-8-15(14)18/h4,6-10,12,19H,5,11H2,1-3H3. The van der Waals surface area contributed by atoms with Gasteiger partial charge in [-0.3, -0.25) is 4.57 Å². The number of rotatable bonds is 3. The molecular formula is C17H21NO3. The highest BCUT2D eigenvalue weighted by Gasteiger charge is 2.18. The molecule has 0 saturated carbocycles. The summed E-state index contributed by atoms with van der Waals surface area (Å²) >= 11 is 0. The van der Waals surface area contributed by atoms with Gasteiger partial charge in [-0.1, -0.05) is 18.2 Å². The Hall–Kier alpha value is -2.07. The number of carbonyl (C=O) groups excluding carboxylic acids is 1. The third-order valence-electron chi connectivity index (χ3n) is 2.91. The second-order valence-electron chi connectivity index (χ2n) is 5.90. The highest BCUT2D eigenvalue weighted by Crippen LogP contribution is 2.20. The van der Waals surface area contributed by atoms with Crippen LogP contribution in [0.2, 0.25) is 0 Å². The second-order valence-corrected chi connectivity index (χ2v) is 5.90. The van der Waals surface area contributed by atoms with Gasteiger partial charge in [0.1, 0.15) is 5.60 Å². The molecule has 0 spiro atoms. The Bertz CT molecular complexity index is 662. The Morgan fingerprint density at radius 3 is 2.76 bits per heavy atom. The van der Waals surface area contributed by atoms with E-state index in [1.165, 1.54) is 4.57 Å². The highest BCUT2D eigenvalue weighted by atomic mass is 16.6. The Morgan fingerprint density at radius 2 is 2.10 bits per heavy atom. The van der Waals surface area contributed by atoms with E-state index in [1.54, 1.807) is 6.20 Å². The number of carbonyl (C=O) groups is 1. The molecule has 4 heteroatoms. The lowest BCUT2D eigenvalue weighted by Gasteiger charge is -2.19. The molecule has 0 aliphatic rings. The minimum absolute atomic E-state index is 0.147. The predicted octanol–water partition coefficient (Wildman–Crippen LogP) is 3.82. The summed E-state index contributed by atoms with van der Waals surface area (Å²) < 4.78 is 6.90. The number of ether oxygens (including phenoxy) is 1. The van der Waals surface area contributed by atoms with Gasteiger partial charge in [-0.15, -0.1) is 0 Å². The summed E-state index contributed by atoms with van der Waals surface area (Å²) in [5.41, 5.74) is 1.35. The minimum Gasteiger partial charge on any atom is -0.443 e. The van der Waals surface area contributed by atoms with Crippen LogP contribution in [0.25, 0.3) is 17.0 Å². The van der Waals surface area contributed by atoms with E-state index in [1.807, 2.05) is 57.2 Å². The number of hydrogen-bond acceptors (Lipinski definition) is 3. The Balaban J connectivity index is 2.27. The maximum Gasteiger partial charge on any atom is 0.418 e. The van der Waals surface area contributed by atoms with Crippen molar-refractivity contribution in [2.45, 2.75) is 32.8 Å². The maximum absolute atomic E-state index is 12.1. The molecule has 0 radical (unpaired) electrons. The Kier molecular flexibility index (Phi) is 4.48. The van der Waals surface area contributed by atoms with Gasteiger partial charge in [0.15, 0.2) is 0 Å². The molecule has 1 aromatic heterocycles. The zero-order valence-corrected chi connectivity index (χ0v) is 12.7. The van der Waals surface area contributed by atoms with Gasteiger partial charge >= 0.3 is 6.09 Å². The molecule has 0 fully saturated rings. The summed E-state index contributed by atoms with van der Waals surface area (Å²) in [7, 11) is 0. The fourth-order valence-corrected chi connectivity index (χ4v) is 2.03. The summed E-state index contributed by atoms with van der Waals surface area (Å²) in [6.07, 6.45) is 5.87. The van der Waals surface area contributed by atoms with E-state index < -0.39 is 5.60 Å². The molecule has 0 atom stereocenters. The lowest BCUT2D eigenvalue weighted by atomic mass is 10.1. The molecule has 1 heterocycles. The highest BCUT2D eigenvalue weighted by molar-refractivity contribution is 5.90. The Morgan fingerprint density at radius 1 is 1.33 bits per heavy atom. The monoisotopic (exact) mass is 287 g/mol. The molecule has 2 rings (SSSR count). The van der Waals surface area contributed by atoms with Gasteiger partial charge < -0.3 is 9.84 Å². The second kappa shape index (κ2) is 6.14. The molecule has 4 nitrogen and oxygen atoms in total. The lowest BCUT2D eigenvalue weighted by Crippen LogP contribution is -2.26. The summed E-state index contributed by atoms with van der Waals surface area (Å²) in [6, 6.07) is 7.74. The number of aromatic nitrogens is 1. The van der Waals surface area contributed by atoms with Crippen molar-refractivity contribution in [2.75, 3.05) is 6.61 Å². The summed E-state index contributed by atoms with van der Waals surface area (Å²) in [5.74, 6) is 0. The predicted molar refractivity (Wildman–Crippen MR) is 84.3 cm³/mol. The Labute approximate surface area is 124 Å². The van der Waals surface area contributed by atoms with Crippen LogP contribution in [0.1, 0.15) is 32.8 Å². The van der Waals surface area contributed by atoms with E-state index >= 15 is 0 Å². The van der Waals surface area contributed by atoms with Gasteiger partial charge in [-0.2, -0.15) is 0 Å². The van der Waals surface area contributed by atoms with Crippen molar-refractivity contribution >= 4 is 23.1 Å². The maximum atomic E-state index is 12.1. The van der Waals surface area contributed by atoms with Crippen molar-refractivity contribution in [1.29, 1.82) is 0 Å². The molecule has 112 valence electrons. The first-order valence-corrected chi connectivity index (χ1v) is 7.02. The average molecular weight is 287 g/mol. The van der Waals surface area contributed by atoms with Crippen LogP contribution in [-0.2, 0) is 4.74 Å². The van der Waals surface area contributed by atoms with Crippen LogP contribution in [-0.4, -0.2) is 28.0 Å². The van der Waals surface area contributed by atoms with Crippen LogP contribution in [0, 0.1) is 0 Å². The smallest absolute Gasteiger partial charge is 0.418 e. The zero-order chi connectivity index (χ0) is 15.5. The van der Waals surface area contributed by atoms with E-state index in [4.69, 9.17) is 9.84 Å². The van der Waals surface area contributed by atoms with Crippen LogP contribution in [0.5, 0.6) is 0 Å². The van der Waals surface area contributed by atoms with Crippen molar-refractivity contribution in [1.82, 2.24) is 4.57 Å². The molecule has 0 aliphatic carbocycles. The van der Waals surface area contributed by atoms with E-state index in [0.717, 1.165) is 16.5 Å². The molecule has 1 N–H and O–H groups in total. The van der Waals surface area contributed by atoms with Crippen molar-refractivity contribution in [3.63, 3.8) is 0 Å². The quantitative estimate of drug-likeness (QED) is 0.933. The normalized spacial score (nSPS) is 12.2. The van der Waals surface area contributed by atoms with E-state index in [0.29, 0.717) is 6.42 Å². The molecule has 0 amide bonds. The van der Waals surface area contributed by atoms with E-state index in [9.17, 15) is 4.79 Å². The van der Waals surface area contributed by atoms with Crippen molar-refractivity contribution in [2.24, 2.45) is 0 Å². The topological polar surface area (TPSA) is 51.5 Å². The van der Waals surface area contributed by atoms with Gasteiger partial charge in [0.2, 0.25) is 0 Å². The first kappa shape index (κ1) is 15.3. The average Bonchev–Trinajstić information content (AvgIpc) is 2.80. The molecule has 0 bridgehead atoms. The molecule has 2 aromatic rings. The fraction of sp³-hybridized carbons (Fsp3) is 0.353. The van der Waals surface area contributed by atoms with Crippen LogP contribution in [0.3, 0.4) is 0 Å². The van der Waals surface area contributed by atoms with Crippen LogP contribution >= 0.6 is 0 Å². The first-order chi connectivity index (χ1) is 9.90. The number of nitrogens with zero attached hydrogens (tertiary/aromatic N) is 1. The number of fused-ring (bicyclic) bond motifs is 1. The molecular weight excluding hydrogens is 266 g/mol.